The molecule has 21 heavy (non-hydrogen) atoms. The Labute approximate surface area is 128 Å². The Kier molecular flexibility index (Phi) is 5.85. The lowest BCUT2D eigenvalue weighted by atomic mass is 10.6. The highest BCUT2D eigenvalue weighted by Gasteiger charge is 2.06. The van der Waals surface area contributed by atoms with Gasteiger partial charge in [-0.15, -0.1) is 0 Å². The fourth-order valence-corrected chi connectivity index (χ4v) is 1.65. The topological polar surface area (TPSA) is 81.0 Å². The van der Waals surface area contributed by atoms with Gasteiger partial charge < -0.3 is 15.0 Å². The highest BCUT2D eigenvalue weighted by molar-refractivity contribution is 6.28. The Morgan fingerprint density at radius 3 is 2.86 bits per heavy atom. The summed E-state index contributed by atoms with van der Waals surface area (Å²) in [5.74, 6) is 0.832. The molecule has 0 saturated heterocycles. The highest BCUT2D eigenvalue weighted by Crippen LogP contribution is 2.08. The van der Waals surface area contributed by atoms with Gasteiger partial charge in [-0.1, -0.05) is 0 Å². The summed E-state index contributed by atoms with van der Waals surface area (Å²) in [6.07, 6.45) is 4.98. The molecular weight excluding hydrogens is 294 g/mol. The van der Waals surface area contributed by atoms with Crippen LogP contribution in [0, 0.1) is 0 Å². The molecule has 0 aliphatic carbocycles. The van der Waals surface area contributed by atoms with Crippen molar-refractivity contribution >= 4 is 17.5 Å². The highest BCUT2D eigenvalue weighted by atomic mass is 35.5. The van der Waals surface area contributed by atoms with E-state index in [0.717, 1.165) is 6.54 Å². The minimum Gasteiger partial charge on any atom is -0.378 e. The fourth-order valence-electron chi connectivity index (χ4n) is 1.50. The van der Waals surface area contributed by atoms with Crippen LogP contribution in [0.4, 0.5) is 5.95 Å². The number of hydrogen-bond donors (Lipinski definition) is 1. The summed E-state index contributed by atoms with van der Waals surface area (Å²) in [6.45, 7) is 2.74. The van der Waals surface area contributed by atoms with Crippen LogP contribution in [0.5, 0.6) is 0 Å². The molecule has 0 saturated carbocycles. The van der Waals surface area contributed by atoms with Crippen LogP contribution >= 0.6 is 11.6 Å². The number of nitrogens with one attached hydrogen (secondary N) is 1. The Bertz CT molecular complexity index is 547. The zero-order valence-corrected chi connectivity index (χ0v) is 12.8. The van der Waals surface area contributed by atoms with Crippen molar-refractivity contribution in [2.45, 2.75) is 0 Å². The quantitative estimate of drug-likeness (QED) is 0.719. The number of ether oxygens (including phenoxy) is 1. The summed E-state index contributed by atoms with van der Waals surface area (Å²) in [4.78, 5) is 18.3. The van der Waals surface area contributed by atoms with Gasteiger partial charge in [-0.3, -0.25) is 4.57 Å². The standard InChI is InChI=1S/C12H18ClN7O/c1-19(2)6-8-21-7-4-15-11-16-10(13)17-12(18-11)20-5-3-14-9-20/h3,5,9H,4,6-8H2,1-2H3,(H,15,16,17,18). The van der Waals surface area contributed by atoms with E-state index in [-0.39, 0.29) is 5.28 Å². The van der Waals surface area contributed by atoms with E-state index >= 15 is 0 Å². The van der Waals surface area contributed by atoms with Gasteiger partial charge in [-0.2, -0.15) is 15.0 Å². The molecule has 0 aliphatic heterocycles. The molecule has 0 bridgehead atoms. The van der Waals surface area contributed by atoms with E-state index in [1.807, 2.05) is 14.1 Å². The molecular formula is C12H18ClN7O. The summed E-state index contributed by atoms with van der Waals surface area (Å²) < 4.78 is 7.13. The maximum absolute atomic E-state index is 5.89. The van der Waals surface area contributed by atoms with E-state index in [1.165, 1.54) is 0 Å². The summed E-state index contributed by atoms with van der Waals surface area (Å²) in [6, 6.07) is 0. The Morgan fingerprint density at radius 1 is 1.29 bits per heavy atom. The number of aromatic nitrogens is 5. The molecule has 0 atom stereocenters. The van der Waals surface area contributed by atoms with Crippen molar-refractivity contribution in [3.8, 4) is 5.95 Å². The third-order valence-electron chi connectivity index (χ3n) is 2.54. The third kappa shape index (κ3) is 5.25. The number of rotatable bonds is 8. The van der Waals surface area contributed by atoms with Gasteiger partial charge in [0.15, 0.2) is 0 Å². The molecule has 2 heterocycles. The average molecular weight is 312 g/mol. The number of anilines is 1. The minimum atomic E-state index is 0.129. The predicted molar refractivity (Wildman–Crippen MR) is 79.8 cm³/mol. The van der Waals surface area contributed by atoms with Crippen LogP contribution in [0.25, 0.3) is 5.95 Å². The number of likely N-dealkylation sites (N-methyl/N-ethyl adjacent to an activating group) is 1. The predicted octanol–water partition coefficient (Wildman–Crippen LogP) is 0.701. The first-order chi connectivity index (χ1) is 10.1. The summed E-state index contributed by atoms with van der Waals surface area (Å²) in [7, 11) is 4.01. The van der Waals surface area contributed by atoms with Gasteiger partial charge in [0.25, 0.3) is 0 Å². The van der Waals surface area contributed by atoms with Gasteiger partial charge in [0.1, 0.15) is 6.33 Å². The van der Waals surface area contributed by atoms with Crippen molar-refractivity contribution in [3.63, 3.8) is 0 Å². The minimum absolute atomic E-state index is 0.129. The number of hydrogen-bond acceptors (Lipinski definition) is 7. The first-order valence-electron chi connectivity index (χ1n) is 6.51. The van der Waals surface area contributed by atoms with Gasteiger partial charge in [0.2, 0.25) is 17.2 Å². The second-order valence-corrected chi connectivity index (χ2v) is 4.88. The molecule has 0 fully saturated rings. The average Bonchev–Trinajstić information content (AvgIpc) is 2.96. The van der Waals surface area contributed by atoms with Crippen molar-refractivity contribution in [2.75, 3.05) is 45.7 Å². The van der Waals surface area contributed by atoms with Crippen LogP contribution in [0.15, 0.2) is 18.7 Å². The van der Waals surface area contributed by atoms with E-state index in [4.69, 9.17) is 16.3 Å². The number of imidazole rings is 1. The lowest BCUT2D eigenvalue weighted by Gasteiger charge is -2.10. The van der Waals surface area contributed by atoms with Gasteiger partial charge in [0, 0.05) is 25.5 Å². The second kappa shape index (κ2) is 7.87. The molecule has 0 spiro atoms. The van der Waals surface area contributed by atoms with Crippen LogP contribution < -0.4 is 5.32 Å². The molecule has 2 aromatic rings. The fraction of sp³-hybridized carbons (Fsp3) is 0.500. The molecule has 1 N–H and O–H groups in total. The molecule has 9 heteroatoms. The van der Waals surface area contributed by atoms with Crippen molar-refractivity contribution < 1.29 is 4.74 Å². The maximum atomic E-state index is 5.89. The zero-order valence-electron chi connectivity index (χ0n) is 12.0. The van der Waals surface area contributed by atoms with Gasteiger partial charge >= 0.3 is 0 Å². The second-order valence-electron chi connectivity index (χ2n) is 4.54. The van der Waals surface area contributed by atoms with Crippen molar-refractivity contribution in [1.82, 2.24) is 29.4 Å². The van der Waals surface area contributed by atoms with Crippen molar-refractivity contribution in [3.05, 3.63) is 24.0 Å². The molecule has 0 unspecified atom stereocenters. The normalized spacial score (nSPS) is 11.0. The van der Waals surface area contributed by atoms with Crippen LogP contribution in [-0.4, -0.2) is 69.8 Å². The van der Waals surface area contributed by atoms with Crippen LogP contribution in [-0.2, 0) is 4.74 Å². The van der Waals surface area contributed by atoms with Crippen LogP contribution in [0.2, 0.25) is 5.28 Å². The number of halogens is 1. The molecule has 0 radical (unpaired) electrons. The summed E-state index contributed by atoms with van der Waals surface area (Å²) >= 11 is 5.89. The zero-order chi connectivity index (χ0) is 15.1. The monoisotopic (exact) mass is 311 g/mol. The Balaban J connectivity index is 1.83. The van der Waals surface area contributed by atoms with E-state index in [9.17, 15) is 0 Å². The lowest BCUT2D eigenvalue weighted by Crippen LogP contribution is -2.20. The van der Waals surface area contributed by atoms with Gasteiger partial charge in [-0.25, -0.2) is 4.98 Å². The molecule has 8 nitrogen and oxygen atoms in total. The Morgan fingerprint density at radius 2 is 2.14 bits per heavy atom. The summed E-state index contributed by atoms with van der Waals surface area (Å²) in [5, 5.41) is 3.19. The molecule has 0 amide bonds. The number of nitrogens with zero attached hydrogens (tertiary/aromatic N) is 6. The van der Waals surface area contributed by atoms with Crippen LogP contribution in [0.3, 0.4) is 0 Å². The maximum Gasteiger partial charge on any atom is 0.241 e. The summed E-state index contributed by atoms with van der Waals surface area (Å²) in [5.41, 5.74) is 0. The molecule has 0 aliphatic rings. The van der Waals surface area contributed by atoms with Crippen molar-refractivity contribution in [2.24, 2.45) is 0 Å². The molecule has 114 valence electrons. The van der Waals surface area contributed by atoms with Crippen molar-refractivity contribution in [1.29, 1.82) is 0 Å². The van der Waals surface area contributed by atoms with Gasteiger partial charge in [0.05, 0.1) is 13.2 Å². The van der Waals surface area contributed by atoms with E-state index in [1.54, 1.807) is 23.3 Å². The Hall–Kier alpha value is -1.77. The smallest absolute Gasteiger partial charge is 0.241 e. The van der Waals surface area contributed by atoms with E-state index < -0.39 is 0 Å². The first kappa shape index (κ1) is 15.6. The molecule has 2 rings (SSSR count). The van der Waals surface area contributed by atoms with Crippen LogP contribution in [0.1, 0.15) is 0 Å². The van der Waals surface area contributed by atoms with E-state index in [0.29, 0.717) is 31.7 Å². The first-order valence-corrected chi connectivity index (χ1v) is 6.89. The molecule has 0 aromatic carbocycles. The van der Waals surface area contributed by atoms with Gasteiger partial charge in [-0.05, 0) is 25.7 Å². The van der Waals surface area contributed by atoms with E-state index in [2.05, 4.69) is 30.2 Å². The third-order valence-corrected chi connectivity index (χ3v) is 2.71. The largest absolute Gasteiger partial charge is 0.378 e. The SMILES string of the molecule is CN(C)CCOCCNc1nc(Cl)nc(-n2ccnc2)n1. The lowest BCUT2D eigenvalue weighted by molar-refractivity contribution is 0.126. The molecule has 2 aromatic heterocycles.